The molecular weight excluding hydrogens is 398 g/mol. The minimum absolute atomic E-state index is 0. The van der Waals surface area contributed by atoms with E-state index in [-0.39, 0.29) is 27.2 Å². The van der Waals surface area contributed by atoms with Crippen LogP contribution >= 0.6 is 11.8 Å². The maximum atomic E-state index is 4.95. The van der Waals surface area contributed by atoms with Gasteiger partial charge in [-0.2, -0.15) is 0 Å². The van der Waals surface area contributed by atoms with Crippen LogP contribution in [0.3, 0.4) is 0 Å². The van der Waals surface area contributed by atoms with E-state index in [0.717, 1.165) is 11.3 Å². The first-order chi connectivity index (χ1) is 11.7. The van der Waals surface area contributed by atoms with Crippen LogP contribution in [-0.2, 0) is 0 Å². The number of amidine groups is 1. The number of nitrogens with zero attached hydrogens (tertiary/aromatic N) is 5. The summed E-state index contributed by atoms with van der Waals surface area (Å²) in [7, 11) is 2.07. The molecule has 0 bridgehead atoms. The lowest BCUT2D eigenvalue weighted by Crippen LogP contribution is -3.00. The average Bonchev–Trinajstić information content (AvgIpc) is 3.22. The smallest absolute Gasteiger partial charge is 0.273 e. The van der Waals surface area contributed by atoms with Crippen molar-refractivity contribution in [3.63, 3.8) is 0 Å². The molecule has 2 atom stereocenters. The van der Waals surface area contributed by atoms with Crippen molar-refractivity contribution in [3.05, 3.63) is 77.3 Å². The molecule has 0 aliphatic carbocycles. The van der Waals surface area contributed by atoms with Crippen LogP contribution in [0.15, 0.2) is 87.2 Å². The zero-order valence-corrected chi connectivity index (χ0v) is 16.4. The van der Waals surface area contributed by atoms with Crippen LogP contribution < -0.4 is 21.7 Å². The highest BCUT2D eigenvalue weighted by molar-refractivity contribution is 8.02. The number of hydrogen-bond acceptors (Lipinski definition) is 5. The molecule has 2 aromatic rings. The molecule has 0 amide bonds. The quantitative estimate of drug-likeness (QED) is 0.713. The highest BCUT2D eigenvalue weighted by atomic mass is 79.9. The summed E-state index contributed by atoms with van der Waals surface area (Å²) in [4.78, 5) is 2.20. The maximum absolute atomic E-state index is 4.95. The predicted molar refractivity (Wildman–Crippen MR) is 99.0 cm³/mol. The van der Waals surface area contributed by atoms with Gasteiger partial charge in [0.05, 0.1) is 5.22 Å². The molecule has 128 valence electrons. The minimum Gasteiger partial charge on any atom is -1.00 e. The number of hydrogen-bond donors (Lipinski definition) is 0. The largest absolute Gasteiger partial charge is 1.00 e. The minimum atomic E-state index is -0.00244. The van der Waals surface area contributed by atoms with E-state index in [0.29, 0.717) is 5.84 Å². The number of para-hydroxylation sites is 1. The van der Waals surface area contributed by atoms with Crippen LogP contribution in [0.5, 0.6) is 0 Å². The van der Waals surface area contributed by atoms with E-state index in [1.54, 1.807) is 11.8 Å². The van der Waals surface area contributed by atoms with Crippen LogP contribution in [0, 0.1) is 0 Å². The van der Waals surface area contributed by atoms with Gasteiger partial charge in [-0.05, 0) is 29.2 Å². The molecule has 2 aliphatic rings. The SMILES string of the molecule is CC1=CSC([N+]2(c3ccccc3)N=NC(c3ccccc3)=N2)N1C.[Br-]. The van der Waals surface area contributed by atoms with E-state index >= 15 is 0 Å². The Morgan fingerprint density at radius 1 is 1.00 bits per heavy atom. The molecule has 0 fully saturated rings. The first-order valence-corrected chi connectivity index (χ1v) is 8.73. The van der Waals surface area contributed by atoms with Crippen molar-refractivity contribution in [2.45, 2.75) is 12.4 Å². The molecule has 0 aromatic heterocycles. The standard InChI is InChI=1S/C18H18N5S.BrH/c1-14-13-24-18(22(14)2)23(16-11-7-4-8-12-16)20-17(19-21-23)15-9-5-3-6-10-15;/h3-13,18H,1-2H3;1H/q+1;/p-1. The van der Waals surface area contributed by atoms with Crippen LogP contribution in [0.2, 0.25) is 0 Å². The molecule has 0 N–H and O–H groups in total. The Morgan fingerprint density at radius 2 is 1.64 bits per heavy atom. The second-order valence-corrected chi connectivity index (χ2v) is 6.73. The van der Waals surface area contributed by atoms with Crippen molar-refractivity contribution >= 4 is 23.3 Å². The van der Waals surface area contributed by atoms with Crippen molar-refractivity contribution in [1.29, 1.82) is 0 Å². The molecule has 0 spiro atoms. The molecule has 4 rings (SSSR count). The lowest BCUT2D eigenvalue weighted by Gasteiger charge is -2.31. The fraction of sp³-hybridized carbons (Fsp3) is 0.167. The highest BCUT2D eigenvalue weighted by Crippen LogP contribution is 2.43. The Kier molecular flexibility index (Phi) is 5.08. The third kappa shape index (κ3) is 3.03. The molecule has 0 radical (unpaired) electrons. The molecule has 25 heavy (non-hydrogen) atoms. The van der Waals surface area contributed by atoms with Gasteiger partial charge in [-0.25, -0.2) is 0 Å². The lowest BCUT2D eigenvalue weighted by atomic mass is 10.2. The number of rotatable bonds is 3. The van der Waals surface area contributed by atoms with Crippen molar-refractivity contribution in [2.24, 2.45) is 15.4 Å². The zero-order valence-electron chi connectivity index (χ0n) is 14.0. The fourth-order valence-electron chi connectivity index (χ4n) is 2.81. The van der Waals surface area contributed by atoms with Crippen LogP contribution in [0.1, 0.15) is 12.5 Å². The van der Waals surface area contributed by atoms with Crippen LogP contribution in [-0.4, -0.2) is 23.3 Å². The maximum Gasteiger partial charge on any atom is 0.273 e. The van der Waals surface area contributed by atoms with Gasteiger partial charge in [-0.1, -0.05) is 53.6 Å². The Hall–Kier alpha value is -1.96. The Morgan fingerprint density at radius 3 is 2.24 bits per heavy atom. The molecule has 0 saturated carbocycles. The van der Waals surface area contributed by atoms with Gasteiger partial charge in [0, 0.05) is 35.1 Å². The number of quaternary nitrogens is 1. The summed E-state index contributed by atoms with van der Waals surface area (Å²) in [6.45, 7) is 2.10. The lowest BCUT2D eigenvalue weighted by molar-refractivity contribution is -0.00000499. The Balaban J connectivity index is 0.00000182. The topological polar surface area (TPSA) is 40.3 Å². The van der Waals surface area contributed by atoms with Crippen LogP contribution in [0.25, 0.3) is 0 Å². The number of thioether (sulfide) groups is 1. The van der Waals surface area contributed by atoms with E-state index < -0.39 is 0 Å². The van der Waals surface area contributed by atoms with Gasteiger partial charge in [0.1, 0.15) is 0 Å². The monoisotopic (exact) mass is 415 g/mol. The van der Waals surface area contributed by atoms with Gasteiger partial charge in [0.25, 0.3) is 5.50 Å². The Bertz CT molecular complexity index is 837. The second kappa shape index (κ2) is 7.11. The van der Waals surface area contributed by atoms with Gasteiger partial charge < -0.3 is 21.9 Å². The van der Waals surface area contributed by atoms with Gasteiger partial charge in [0.2, 0.25) is 5.84 Å². The summed E-state index contributed by atoms with van der Waals surface area (Å²) in [5, 5.41) is 16.2. The summed E-state index contributed by atoms with van der Waals surface area (Å²) in [6.07, 6.45) is 0. The third-order valence-corrected chi connectivity index (χ3v) is 5.58. The first-order valence-electron chi connectivity index (χ1n) is 7.79. The van der Waals surface area contributed by atoms with E-state index in [1.165, 1.54) is 5.70 Å². The van der Waals surface area contributed by atoms with Gasteiger partial charge >= 0.3 is 0 Å². The zero-order chi connectivity index (χ0) is 16.6. The van der Waals surface area contributed by atoms with Crippen molar-refractivity contribution < 1.29 is 17.0 Å². The average molecular weight is 416 g/mol. The van der Waals surface area contributed by atoms with E-state index in [9.17, 15) is 0 Å². The molecule has 7 heteroatoms. The molecule has 5 nitrogen and oxygen atoms in total. The molecule has 2 unspecified atom stereocenters. The van der Waals surface area contributed by atoms with Crippen molar-refractivity contribution in [3.8, 4) is 0 Å². The molecule has 0 saturated heterocycles. The summed E-state index contributed by atoms with van der Waals surface area (Å²) in [5.41, 5.74) is 3.18. The number of allylic oxidation sites excluding steroid dienone is 1. The normalized spacial score (nSPS) is 24.7. The molecule has 2 aromatic carbocycles. The Labute approximate surface area is 162 Å². The fourth-order valence-corrected chi connectivity index (χ4v) is 4.02. The molecule has 2 aliphatic heterocycles. The van der Waals surface area contributed by atoms with Crippen LogP contribution in [0.4, 0.5) is 5.69 Å². The van der Waals surface area contributed by atoms with E-state index in [2.05, 4.69) is 46.7 Å². The van der Waals surface area contributed by atoms with Gasteiger partial charge in [-0.3, -0.25) is 0 Å². The molecular formula is C18H18BrN5S. The summed E-state index contributed by atoms with van der Waals surface area (Å²) in [6, 6.07) is 20.1. The number of benzene rings is 2. The van der Waals surface area contributed by atoms with Crippen molar-refractivity contribution in [1.82, 2.24) is 9.60 Å². The summed E-state index contributed by atoms with van der Waals surface area (Å²) >= 11 is 1.72. The summed E-state index contributed by atoms with van der Waals surface area (Å²) in [5.74, 6) is 0.665. The summed E-state index contributed by atoms with van der Waals surface area (Å²) < 4.78 is 0.0973. The van der Waals surface area contributed by atoms with Crippen molar-refractivity contribution in [2.75, 3.05) is 7.05 Å². The van der Waals surface area contributed by atoms with Gasteiger partial charge in [-0.15, -0.1) is 0 Å². The van der Waals surface area contributed by atoms with Gasteiger partial charge in [0.15, 0.2) is 5.69 Å². The highest BCUT2D eigenvalue weighted by Gasteiger charge is 2.50. The molecule has 2 heterocycles. The second-order valence-electron chi connectivity index (χ2n) is 5.80. The van der Waals surface area contributed by atoms with E-state index in [1.807, 2.05) is 48.5 Å². The first kappa shape index (κ1) is 17.8. The number of halogens is 1. The third-order valence-electron chi connectivity index (χ3n) is 4.25. The predicted octanol–water partition coefficient (Wildman–Crippen LogP) is 1.56. The van der Waals surface area contributed by atoms with E-state index in [4.69, 9.17) is 5.10 Å².